The molecule has 116 valence electrons. The summed E-state index contributed by atoms with van der Waals surface area (Å²) in [5, 5.41) is 8.87. The van der Waals surface area contributed by atoms with Crippen molar-refractivity contribution >= 4 is 17.4 Å². The number of thiazole rings is 1. The summed E-state index contributed by atoms with van der Waals surface area (Å²) >= 11 is 1.58. The normalized spacial score (nSPS) is 15.5. The smallest absolute Gasteiger partial charge is 0.315 e. The molecule has 0 atom stereocenters. The van der Waals surface area contributed by atoms with Gasteiger partial charge in [0.1, 0.15) is 5.01 Å². The lowest BCUT2D eigenvalue weighted by Gasteiger charge is -2.22. The number of hydrogen-bond acceptors (Lipinski definition) is 4. The molecule has 22 heavy (non-hydrogen) atoms. The summed E-state index contributed by atoms with van der Waals surface area (Å²) < 4.78 is 0. The fourth-order valence-electron chi connectivity index (χ4n) is 2.67. The minimum absolute atomic E-state index is 0.0923. The van der Waals surface area contributed by atoms with Crippen LogP contribution in [0, 0.1) is 0 Å². The van der Waals surface area contributed by atoms with E-state index in [9.17, 15) is 4.79 Å². The molecule has 1 aliphatic carbocycles. The SMILES string of the molecule is O=C(NCc1csc(-c2ccncc2)n1)NC1CCCCC1. The quantitative estimate of drug-likeness (QED) is 0.909. The van der Waals surface area contributed by atoms with Crippen molar-refractivity contribution in [2.75, 3.05) is 0 Å². The summed E-state index contributed by atoms with van der Waals surface area (Å²) in [5.74, 6) is 0. The molecule has 0 radical (unpaired) electrons. The Balaban J connectivity index is 1.49. The zero-order valence-corrected chi connectivity index (χ0v) is 13.2. The number of carbonyl (C=O) groups excluding carboxylic acids is 1. The second-order valence-corrected chi connectivity index (χ2v) is 6.40. The van der Waals surface area contributed by atoms with Crippen LogP contribution >= 0.6 is 11.3 Å². The molecule has 0 saturated heterocycles. The Morgan fingerprint density at radius 3 is 2.77 bits per heavy atom. The Morgan fingerprint density at radius 2 is 2.00 bits per heavy atom. The third-order valence-corrected chi connectivity index (χ3v) is 4.79. The van der Waals surface area contributed by atoms with Crippen molar-refractivity contribution in [3.63, 3.8) is 0 Å². The van der Waals surface area contributed by atoms with E-state index >= 15 is 0 Å². The van der Waals surface area contributed by atoms with Gasteiger partial charge in [-0.15, -0.1) is 11.3 Å². The van der Waals surface area contributed by atoms with Crippen LogP contribution in [0.5, 0.6) is 0 Å². The Bertz CT molecular complexity index is 608. The zero-order valence-electron chi connectivity index (χ0n) is 12.4. The fraction of sp³-hybridized carbons (Fsp3) is 0.438. The number of rotatable bonds is 4. The van der Waals surface area contributed by atoms with Crippen molar-refractivity contribution < 1.29 is 4.79 Å². The maximum atomic E-state index is 11.9. The van der Waals surface area contributed by atoms with Crippen LogP contribution in [0.2, 0.25) is 0 Å². The maximum Gasteiger partial charge on any atom is 0.315 e. The summed E-state index contributed by atoms with van der Waals surface area (Å²) in [7, 11) is 0. The molecule has 2 aromatic rings. The topological polar surface area (TPSA) is 66.9 Å². The van der Waals surface area contributed by atoms with Crippen LogP contribution < -0.4 is 10.6 Å². The van der Waals surface area contributed by atoms with Gasteiger partial charge in [-0.2, -0.15) is 0 Å². The van der Waals surface area contributed by atoms with Crippen LogP contribution in [0.3, 0.4) is 0 Å². The van der Waals surface area contributed by atoms with Crippen LogP contribution in [0.1, 0.15) is 37.8 Å². The average Bonchev–Trinajstić information content (AvgIpc) is 3.04. The number of hydrogen-bond donors (Lipinski definition) is 2. The lowest BCUT2D eigenvalue weighted by molar-refractivity contribution is 0.232. The van der Waals surface area contributed by atoms with Crippen molar-refractivity contribution in [3.05, 3.63) is 35.6 Å². The first kappa shape index (κ1) is 15.0. The largest absolute Gasteiger partial charge is 0.335 e. The highest BCUT2D eigenvalue weighted by atomic mass is 32.1. The molecule has 2 amide bonds. The fourth-order valence-corrected chi connectivity index (χ4v) is 3.50. The summed E-state index contributed by atoms with van der Waals surface area (Å²) in [5.41, 5.74) is 1.94. The summed E-state index contributed by atoms with van der Waals surface area (Å²) in [6, 6.07) is 4.11. The number of carbonyl (C=O) groups is 1. The molecular weight excluding hydrogens is 296 g/mol. The van der Waals surface area contributed by atoms with Gasteiger partial charge in [0.05, 0.1) is 12.2 Å². The molecule has 0 aliphatic heterocycles. The van der Waals surface area contributed by atoms with Gasteiger partial charge < -0.3 is 10.6 Å². The first-order valence-electron chi connectivity index (χ1n) is 7.70. The van der Waals surface area contributed by atoms with Gasteiger partial charge in [0.2, 0.25) is 0 Å². The zero-order chi connectivity index (χ0) is 15.2. The molecule has 1 saturated carbocycles. The number of nitrogens with zero attached hydrogens (tertiary/aromatic N) is 2. The van der Waals surface area contributed by atoms with Crippen LogP contribution in [-0.4, -0.2) is 22.0 Å². The van der Waals surface area contributed by atoms with Crippen molar-refractivity contribution in [2.45, 2.75) is 44.7 Å². The predicted molar refractivity (Wildman–Crippen MR) is 87.6 cm³/mol. The number of aromatic nitrogens is 2. The minimum Gasteiger partial charge on any atom is -0.335 e. The van der Waals surface area contributed by atoms with E-state index in [4.69, 9.17) is 0 Å². The van der Waals surface area contributed by atoms with Crippen molar-refractivity contribution in [1.29, 1.82) is 0 Å². The molecule has 2 aromatic heterocycles. The molecule has 0 bridgehead atoms. The van der Waals surface area contributed by atoms with Crippen LogP contribution in [0.4, 0.5) is 4.79 Å². The molecule has 0 spiro atoms. The molecular formula is C16H20N4OS. The monoisotopic (exact) mass is 316 g/mol. The van der Waals surface area contributed by atoms with Gasteiger partial charge in [-0.05, 0) is 25.0 Å². The van der Waals surface area contributed by atoms with E-state index in [-0.39, 0.29) is 6.03 Å². The maximum absolute atomic E-state index is 11.9. The summed E-state index contributed by atoms with van der Waals surface area (Å²) in [6.07, 6.45) is 9.42. The first-order valence-corrected chi connectivity index (χ1v) is 8.58. The minimum atomic E-state index is -0.0923. The second kappa shape index (κ2) is 7.35. The molecule has 2 N–H and O–H groups in total. The summed E-state index contributed by atoms with van der Waals surface area (Å²) in [4.78, 5) is 20.5. The van der Waals surface area contributed by atoms with Gasteiger partial charge in [0, 0.05) is 29.4 Å². The standard InChI is InChI=1S/C16H20N4OS/c21-16(20-13-4-2-1-3-5-13)18-10-14-11-22-15(19-14)12-6-8-17-9-7-12/h6-9,11,13H,1-5,10H2,(H2,18,20,21). The number of urea groups is 1. The van der Waals surface area contributed by atoms with Gasteiger partial charge in [-0.3, -0.25) is 4.98 Å². The Labute approximate surface area is 134 Å². The van der Waals surface area contributed by atoms with Crippen molar-refractivity contribution in [2.24, 2.45) is 0 Å². The van der Waals surface area contributed by atoms with E-state index in [2.05, 4.69) is 20.6 Å². The van der Waals surface area contributed by atoms with Crippen LogP contribution in [0.15, 0.2) is 29.9 Å². The lowest BCUT2D eigenvalue weighted by Crippen LogP contribution is -2.42. The first-order chi connectivity index (χ1) is 10.8. The molecule has 3 rings (SSSR count). The van der Waals surface area contributed by atoms with Gasteiger partial charge in [0.25, 0.3) is 0 Å². The highest BCUT2D eigenvalue weighted by Gasteiger charge is 2.15. The predicted octanol–water partition coefficient (Wildman–Crippen LogP) is 3.34. The highest BCUT2D eigenvalue weighted by Crippen LogP contribution is 2.22. The molecule has 6 heteroatoms. The average molecular weight is 316 g/mol. The molecule has 1 fully saturated rings. The molecule has 2 heterocycles. The van der Waals surface area contributed by atoms with Crippen molar-refractivity contribution in [1.82, 2.24) is 20.6 Å². The van der Waals surface area contributed by atoms with Gasteiger partial charge in [-0.1, -0.05) is 19.3 Å². The molecule has 1 aliphatic rings. The number of nitrogens with one attached hydrogen (secondary N) is 2. The van der Waals surface area contributed by atoms with E-state index in [0.717, 1.165) is 29.1 Å². The third kappa shape index (κ3) is 4.04. The van der Waals surface area contributed by atoms with Crippen LogP contribution in [-0.2, 0) is 6.54 Å². The lowest BCUT2D eigenvalue weighted by atomic mass is 9.96. The van der Waals surface area contributed by atoms with E-state index in [1.165, 1.54) is 19.3 Å². The number of pyridine rings is 1. The Morgan fingerprint density at radius 1 is 1.23 bits per heavy atom. The van der Waals surface area contributed by atoms with Gasteiger partial charge in [-0.25, -0.2) is 9.78 Å². The summed E-state index contributed by atoms with van der Waals surface area (Å²) in [6.45, 7) is 0.458. The van der Waals surface area contributed by atoms with E-state index in [1.807, 2.05) is 17.5 Å². The Kier molecular flexibility index (Phi) is 5.00. The van der Waals surface area contributed by atoms with Crippen molar-refractivity contribution in [3.8, 4) is 10.6 Å². The number of amides is 2. The molecule has 5 nitrogen and oxygen atoms in total. The molecule has 0 unspecified atom stereocenters. The Hall–Kier alpha value is -1.95. The third-order valence-electron chi connectivity index (χ3n) is 3.85. The van der Waals surface area contributed by atoms with E-state index in [1.54, 1.807) is 23.7 Å². The second-order valence-electron chi connectivity index (χ2n) is 5.54. The van der Waals surface area contributed by atoms with Crippen LogP contribution in [0.25, 0.3) is 10.6 Å². The highest BCUT2D eigenvalue weighted by molar-refractivity contribution is 7.13. The van der Waals surface area contributed by atoms with E-state index < -0.39 is 0 Å². The van der Waals surface area contributed by atoms with Gasteiger partial charge >= 0.3 is 6.03 Å². The molecule has 0 aromatic carbocycles. The van der Waals surface area contributed by atoms with Gasteiger partial charge in [0.15, 0.2) is 0 Å². The van der Waals surface area contributed by atoms with E-state index in [0.29, 0.717) is 12.6 Å².